The molecule has 0 radical (unpaired) electrons. The van der Waals surface area contributed by atoms with Crippen molar-refractivity contribution in [3.8, 4) is 34.5 Å². The van der Waals surface area contributed by atoms with Crippen molar-refractivity contribution in [1.29, 1.82) is 0 Å². The summed E-state index contributed by atoms with van der Waals surface area (Å²) in [6, 6.07) is 17.7. The zero-order chi connectivity index (χ0) is 20.1. The Hall–Kier alpha value is -4.07. The quantitative estimate of drug-likeness (QED) is 0.508. The van der Waals surface area contributed by atoms with Gasteiger partial charge in [0.15, 0.2) is 12.4 Å². The van der Waals surface area contributed by atoms with E-state index in [1.54, 1.807) is 55.6 Å². The van der Waals surface area contributed by atoms with Crippen LogP contribution in [0.4, 0.5) is 5.69 Å². The van der Waals surface area contributed by atoms with E-state index in [4.69, 9.17) is 18.4 Å². The average molecular weight is 391 g/mol. The minimum Gasteiger partial charge on any atom is -0.495 e. The maximum atomic E-state index is 12.3. The number of hydrogen-bond acceptors (Lipinski definition) is 7. The van der Waals surface area contributed by atoms with Gasteiger partial charge in [-0.2, -0.15) is 4.98 Å². The van der Waals surface area contributed by atoms with E-state index in [2.05, 4.69) is 15.5 Å². The van der Waals surface area contributed by atoms with Crippen LogP contribution >= 0.6 is 0 Å². The number of carbonyl (C=O) groups is 1. The Morgan fingerprint density at radius 1 is 1.03 bits per heavy atom. The number of methoxy groups -OCH3 is 1. The molecule has 1 N–H and O–H groups in total. The van der Waals surface area contributed by atoms with Gasteiger partial charge in [-0.15, -0.1) is 0 Å². The van der Waals surface area contributed by atoms with E-state index in [1.165, 1.54) is 6.26 Å². The summed E-state index contributed by atoms with van der Waals surface area (Å²) in [5, 5.41) is 6.74. The van der Waals surface area contributed by atoms with E-state index >= 15 is 0 Å². The van der Waals surface area contributed by atoms with Gasteiger partial charge in [-0.3, -0.25) is 4.79 Å². The lowest BCUT2D eigenvalue weighted by molar-refractivity contribution is -0.118. The van der Waals surface area contributed by atoms with E-state index in [0.717, 1.165) is 0 Å². The molecule has 0 bridgehead atoms. The summed E-state index contributed by atoms with van der Waals surface area (Å²) >= 11 is 0. The number of para-hydroxylation sites is 3. The highest BCUT2D eigenvalue weighted by Crippen LogP contribution is 2.30. The minimum absolute atomic E-state index is 0.196. The molecule has 29 heavy (non-hydrogen) atoms. The number of rotatable bonds is 7. The molecule has 0 saturated carbocycles. The third-order valence-corrected chi connectivity index (χ3v) is 4.03. The molecule has 8 heteroatoms. The molecular formula is C21H17N3O5. The molecule has 146 valence electrons. The van der Waals surface area contributed by atoms with E-state index in [0.29, 0.717) is 34.3 Å². The number of nitrogens with one attached hydrogen (secondary N) is 1. The monoisotopic (exact) mass is 391 g/mol. The van der Waals surface area contributed by atoms with Gasteiger partial charge < -0.3 is 23.7 Å². The normalized spacial score (nSPS) is 10.5. The number of nitrogens with zero attached hydrogens (tertiary/aromatic N) is 2. The summed E-state index contributed by atoms with van der Waals surface area (Å²) < 4.78 is 21.4. The lowest BCUT2D eigenvalue weighted by atomic mass is 10.2. The van der Waals surface area contributed by atoms with Gasteiger partial charge in [-0.25, -0.2) is 0 Å². The first-order valence-corrected chi connectivity index (χ1v) is 8.77. The van der Waals surface area contributed by atoms with Crippen LogP contribution in [0.25, 0.3) is 23.0 Å². The summed E-state index contributed by atoms with van der Waals surface area (Å²) in [5.41, 5.74) is 1.16. The molecule has 0 fully saturated rings. The van der Waals surface area contributed by atoms with Crippen LogP contribution in [0.5, 0.6) is 11.5 Å². The van der Waals surface area contributed by atoms with Crippen LogP contribution in [-0.4, -0.2) is 29.8 Å². The van der Waals surface area contributed by atoms with Crippen molar-refractivity contribution in [1.82, 2.24) is 10.1 Å². The van der Waals surface area contributed by atoms with Crippen molar-refractivity contribution >= 4 is 11.6 Å². The standard InChI is InChI=1S/C21H17N3O5/c1-26-17-10-5-3-8-15(17)22-19(25)13-28-16-9-4-2-7-14(16)20-23-21(29-24-20)18-11-6-12-27-18/h2-12H,13H2,1H3,(H,22,25). The van der Waals surface area contributed by atoms with Gasteiger partial charge in [0.05, 0.1) is 24.6 Å². The zero-order valence-electron chi connectivity index (χ0n) is 15.5. The van der Waals surface area contributed by atoms with Gasteiger partial charge in [0.25, 0.3) is 11.8 Å². The Morgan fingerprint density at radius 2 is 1.83 bits per heavy atom. The Balaban J connectivity index is 1.47. The molecule has 0 aliphatic rings. The maximum Gasteiger partial charge on any atom is 0.293 e. The highest BCUT2D eigenvalue weighted by Gasteiger charge is 2.17. The predicted molar refractivity (Wildman–Crippen MR) is 105 cm³/mol. The molecule has 2 aromatic carbocycles. The fourth-order valence-corrected chi connectivity index (χ4v) is 2.69. The second-order valence-electron chi connectivity index (χ2n) is 5.93. The average Bonchev–Trinajstić information content (AvgIpc) is 3.45. The van der Waals surface area contributed by atoms with Crippen LogP contribution < -0.4 is 14.8 Å². The Labute approximate surface area is 166 Å². The first kappa shape index (κ1) is 18.3. The summed E-state index contributed by atoms with van der Waals surface area (Å²) in [5.74, 6) is 1.76. The fourth-order valence-electron chi connectivity index (χ4n) is 2.69. The summed E-state index contributed by atoms with van der Waals surface area (Å²) in [6.45, 7) is -0.196. The topological polar surface area (TPSA) is 99.6 Å². The first-order chi connectivity index (χ1) is 14.2. The van der Waals surface area contributed by atoms with Crippen molar-refractivity contribution in [2.24, 2.45) is 0 Å². The van der Waals surface area contributed by atoms with Gasteiger partial charge in [0.1, 0.15) is 11.5 Å². The number of benzene rings is 2. The van der Waals surface area contributed by atoms with Crippen molar-refractivity contribution in [2.75, 3.05) is 19.0 Å². The molecule has 4 aromatic rings. The highest BCUT2D eigenvalue weighted by atomic mass is 16.5. The lowest BCUT2D eigenvalue weighted by Gasteiger charge is -2.11. The zero-order valence-corrected chi connectivity index (χ0v) is 15.5. The van der Waals surface area contributed by atoms with Crippen LogP contribution in [0.1, 0.15) is 0 Å². The minimum atomic E-state index is -0.325. The largest absolute Gasteiger partial charge is 0.495 e. The molecule has 4 rings (SSSR count). The van der Waals surface area contributed by atoms with Crippen LogP contribution in [0, 0.1) is 0 Å². The van der Waals surface area contributed by atoms with E-state index in [9.17, 15) is 4.79 Å². The van der Waals surface area contributed by atoms with Gasteiger partial charge >= 0.3 is 0 Å². The summed E-state index contributed by atoms with van der Waals surface area (Å²) in [6.07, 6.45) is 1.52. The number of carbonyl (C=O) groups excluding carboxylic acids is 1. The molecule has 0 atom stereocenters. The Kier molecular flexibility index (Phi) is 5.24. The number of furan rings is 1. The van der Waals surface area contributed by atoms with Gasteiger partial charge in [-0.05, 0) is 36.4 Å². The third kappa shape index (κ3) is 4.11. The molecule has 0 aliphatic heterocycles. The van der Waals surface area contributed by atoms with Crippen LogP contribution in [-0.2, 0) is 4.79 Å². The molecular weight excluding hydrogens is 374 g/mol. The fraction of sp³-hybridized carbons (Fsp3) is 0.0952. The molecule has 2 heterocycles. The number of ether oxygens (including phenoxy) is 2. The second kappa shape index (κ2) is 8.30. The molecule has 0 saturated heterocycles. The summed E-state index contributed by atoms with van der Waals surface area (Å²) in [7, 11) is 1.54. The van der Waals surface area contributed by atoms with Crippen molar-refractivity contribution in [3.63, 3.8) is 0 Å². The molecule has 0 aliphatic carbocycles. The molecule has 2 aromatic heterocycles. The first-order valence-electron chi connectivity index (χ1n) is 8.77. The molecule has 1 amide bonds. The Morgan fingerprint density at radius 3 is 2.62 bits per heavy atom. The van der Waals surface area contributed by atoms with Gasteiger partial charge in [-0.1, -0.05) is 29.4 Å². The van der Waals surface area contributed by atoms with Crippen LogP contribution in [0.3, 0.4) is 0 Å². The maximum absolute atomic E-state index is 12.3. The van der Waals surface area contributed by atoms with Crippen molar-refractivity contribution in [3.05, 3.63) is 66.9 Å². The smallest absolute Gasteiger partial charge is 0.293 e. The number of amides is 1. The summed E-state index contributed by atoms with van der Waals surface area (Å²) in [4.78, 5) is 16.6. The lowest BCUT2D eigenvalue weighted by Crippen LogP contribution is -2.20. The third-order valence-electron chi connectivity index (χ3n) is 4.03. The van der Waals surface area contributed by atoms with Gasteiger partial charge in [0.2, 0.25) is 5.82 Å². The Bertz CT molecular complexity index is 1100. The van der Waals surface area contributed by atoms with Crippen LogP contribution in [0.2, 0.25) is 0 Å². The van der Waals surface area contributed by atoms with E-state index in [-0.39, 0.29) is 18.4 Å². The van der Waals surface area contributed by atoms with Crippen molar-refractivity contribution in [2.45, 2.75) is 0 Å². The number of hydrogen-bond donors (Lipinski definition) is 1. The molecule has 0 spiro atoms. The van der Waals surface area contributed by atoms with Crippen molar-refractivity contribution < 1.29 is 23.2 Å². The second-order valence-corrected chi connectivity index (χ2v) is 5.93. The SMILES string of the molecule is COc1ccccc1NC(=O)COc1ccccc1-c1noc(-c2ccco2)n1. The highest BCUT2D eigenvalue weighted by molar-refractivity contribution is 5.93. The van der Waals surface area contributed by atoms with E-state index in [1.807, 2.05) is 12.1 Å². The molecule has 8 nitrogen and oxygen atoms in total. The molecule has 0 unspecified atom stereocenters. The van der Waals surface area contributed by atoms with Gasteiger partial charge in [0, 0.05) is 0 Å². The van der Waals surface area contributed by atoms with Crippen LogP contribution in [0.15, 0.2) is 75.9 Å². The number of anilines is 1. The van der Waals surface area contributed by atoms with E-state index < -0.39 is 0 Å². The predicted octanol–water partition coefficient (Wildman–Crippen LogP) is 4.02. The number of aromatic nitrogens is 2.